The van der Waals surface area contributed by atoms with Crippen LogP contribution in [0.2, 0.25) is 0 Å². The highest BCUT2D eigenvalue weighted by atomic mass is 16.5. The van der Waals surface area contributed by atoms with Gasteiger partial charge in [-0.15, -0.1) is 0 Å². The van der Waals surface area contributed by atoms with E-state index in [0.29, 0.717) is 0 Å². The normalized spacial score (nSPS) is 8.29. The van der Waals surface area contributed by atoms with Crippen molar-refractivity contribution in [3.05, 3.63) is 37.0 Å². The standard InChI is InChI=1S/C15H12O2/c1-3-4-5-6-7-8-9-10-11-12-13-14-17-15(2)16/h3-5,12-13H,1,14H2,2H3/b5-4+,13-12+. The zero-order chi connectivity index (χ0) is 12.8. The summed E-state index contributed by atoms with van der Waals surface area (Å²) in [6.07, 6.45) is 8.21. The molecule has 17 heavy (non-hydrogen) atoms. The number of ether oxygens (including phenoxy) is 1. The summed E-state index contributed by atoms with van der Waals surface area (Å²) in [5.41, 5.74) is 0. The van der Waals surface area contributed by atoms with Crippen LogP contribution in [0.5, 0.6) is 0 Å². The molecule has 0 atom stereocenters. The molecule has 0 aliphatic carbocycles. The molecule has 0 aromatic carbocycles. The predicted molar refractivity (Wildman–Crippen MR) is 68.4 cm³/mol. The Bertz CT molecular complexity index is 488. The predicted octanol–water partition coefficient (Wildman–Crippen LogP) is 1.86. The fourth-order valence-corrected chi connectivity index (χ4v) is 0.607. The molecule has 0 rings (SSSR count). The molecule has 0 fully saturated rings. The molecule has 0 aliphatic rings. The Balaban J connectivity index is 3.91. The number of rotatable bonds is 3. The number of hydrogen-bond acceptors (Lipinski definition) is 2. The summed E-state index contributed by atoms with van der Waals surface area (Å²) >= 11 is 0. The number of allylic oxidation sites excluding steroid dienone is 4. The average Bonchev–Trinajstić information content (AvgIpc) is 2.30. The maximum atomic E-state index is 10.4. The van der Waals surface area contributed by atoms with Gasteiger partial charge in [0.2, 0.25) is 0 Å². The Morgan fingerprint density at radius 2 is 1.82 bits per heavy atom. The van der Waals surface area contributed by atoms with Crippen LogP contribution in [-0.2, 0) is 9.53 Å². The molecular formula is C15H12O2. The first-order valence-corrected chi connectivity index (χ1v) is 4.84. The topological polar surface area (TPSA) is 26.3 Å². The lowest BCUT2D eigenvalue weighted by Gasteiger charge is -1.91. The van der Waals surface area contributed by atoms with Crippen molar-refractivity contribution in [3.8, 4) is 35.5 Å². The van der Waals surface area contributed by atoms with Gasteiger partial charge < -0.3 is 4.74 Å². The zero-order valence-corrected chi connectivity index (χ0v) is 9.62. The molecule has 0 unspecified atom stereocenters. The SMILES string of the molecule is C=C/C=C/C#CC#CC#C/C=C/COC(C)=O. The Morgan fingerprint density at radius 3 is 2.41 bits per heavy atom. The van der Waals surface area contributed by atoms with Crippen LogP contribution in [0.3, 0.4) is 0 Å². The molecule has 0 bridgehead atoms. The minimum Gasteiger partial charge on any atom is -0.462 e. The minimum absolute atomic E-state index is 0.226. The van der Waals surface area contributed by atoms with Crippen LogP contribution in [0.1, 0.15) is 6.92 Å². The third-order valence-corrected chi connectivity index (χ3v) is 1.23. The summed E-state index contributed by atoms with van der Waals surface area (Å²) in [5, 5.41) is 0. The van der Waals surface area contributed by atoms with Gasteiger partial charge in [0.1, 0.15) is 6.61 Å². The van der Waals surface area contributed by atoms with Crippen LogP contribution in [0.15, 0.2) is 37.0 Å². The van der Waals surface area contributed by atoms with Crippen LogP contribution >= 0.6 is 0 Å². The quantitative estimate of drug-likeness (QED) is 0.415. The molecule has 84 valence electrons. The Morgan fingerprint density at radius 1 is 1.18 bits per heavy atom. The van der Waals surface area contributed by atoms with Gasteiger partial charge in [0.15, 0.2) is 0 Å². The lowest BCUT2D eigenvalue weighted by Crippen LogP contribution is -1.96. The summed E-state index contributed by atoms with van der Waals surface area (Å²) in [6.45, 7) is 5.08. The molecule has 0 saturated carbocycles. The molecule has 0 spiro atoms. The van der Waals surface area contributed by atoms with Crippen molar-refractivity contribution in [2.75, 3.05) is 6.61 Å². The number of carbonyl (C=O) groups excluding carboxylic acids is 1. The molecule has 0 amide bonds. The van der Waals surface area contributed by atoms with Crippen molar-refractivity contribution in [1.29, 1.82) is 0 Å². The van der Waals surface area contributed by atoms with E-state index < -0.39 is 0 Å². The third-order valence-electron chi connectivity index (χ3n) is 1.23. The second kappa shape index (κ2) is 11.4. The van der Waals surface area contributed by atoms with E-state index in [9.17, 15) is 4.79 Å². The van der Waals surface area contributed by atoms with Crippen molar-refractivity contribution in [3.63, 3.8) is 0 Å². The van der Waals surface area contributed by atoms with E-state index in [0.717, 1.165) is 0 Å². The van der Waals surface area contributed by atoms with Crippen molar-refractivity contribution in [2.45, 2.75) is 6.92 Å². The maximum Gasteiger partial charge on any atom is 0.302 e. The van der Waals surface area contributed by atoms with Crippen LogP contribution in [0, 0.1) is 35.5 Å². The van der Waals surface area contributed by atoms with E-state index in [1.54, 1.807) is 30.4 Å². The number of carbonyl (C=O) groups is 1. The van der Waals surface area contributed by atoms with Gasteiger partial charge in [0.25, 0.3) is 0 Å². The highest BCUT2D eigenvalue weighted by Gasteiger charge is 1.84. The van der Waals surface area contributed by atoms with E-state index in [2.05, 4.69) is 46.8 Å². The van der Waals surface area contributed by atoms with Gasteiger partial charge in [0, 0.05) is 6.92 Å². The summed E-state index contributed by atoms with van der Waals surface area (Å²) in [6, 6.07) is 0. The number of esters is 1. The first-order valence-electron chi connectivity index (χ1n) is 4.84. The van der Waals surface area contributed by atoms with Crippen LogP contribution < -0.4 is 0 Å². The highest BCUT2D eigenvalue weighted by Crippen LogP contribution is 1.77. The van der Waals surface area contributed by atoms with Crippen LogP contribution in [-0.4, -0.2) is 12.6 Å². The third kappa shape index (κ3) is 13.4. The summed E-state index contributed by atoms with van der Waals surface area (Å²) in [4.78, 5) is 10.4. The number of hydrogen-bond donors (Lipinski definition) is 0. The zero-order valence-electron chi connectivity index (χ0n) is 9.62. The van der Waals surface area contributed by atoms with E-state index in [1.807, 2.05) is 0 Å². The smallest absolute Gasteiger partial charge is 0.302 e. The van der Waals surface area contributed by atoms with E-state index in [4.69, 9.17) is 0 Å². The largest absolute Gasteiger partial charge is 0.462 e. The van der Waals surface area contributed by atoms with Gasteiger partial charge in [-0.1, -0.05) is 30.6 Å². The van der Waals surface area contributed by atoms with Crippen molar-refractivity contribution in [2.24, 2.45) is 0 Å². The van der Waals surface area contributed by atoms with Crippen molar-refractivity contribution in [1.82, 2.24) is 0 Å². The van der Waals surface area contributed by atoms with E-state index >= 15 is 0 Å². The highest BCUT2D eigenvalue weighted by molar-refractivity contribution is 5.66. The molecular weight excluding hydrogens is 212 g/mol. The lowest BCUT2D eigenvalue weighted by atomic mass is 10.4. The molecule has 0 aliphatic heterocycles. The maximum absolute atomic E-state index is 10.4. The fourth-order valence-electron chi connectivity index (χ4n) is 0.607. The van der Waals surface area contributed by atoms with Gasteiger partial charge in [-0.25, -0.2) is 0 Å². The van der Waals surface area contributed by atoms with Gasteiger partial charge in [-0.2, -0.15) is 0 Å². The second-order valence-electron chi connectivity index (χ2n) is 2.59. The molecule has 2 heteroatoms. The Kier molecular flexibility index (Phi) is 9.67. The second-order valence-corrected chi connectivity index (χ2v) is 2.59. The average molecular weight is 224 g/mol. The van der Waals surface area contributed by atoms with Gasteiger partial charge >= 0.3 is 5.97 Å². The Labute approximate surface area is 102 Å². The molecule has 0 aromatic rings. The molecule has 0 radical (unpaired) electrons. The van der Waals surface area contributed by atoms with Gasteiger partial charge in [-0.3, -0.25) is 4.79 Å². The molecule has 0 heterocycles. The lowest BCUT2D eigenvalue weighted by molar-refractivity contribution is -0.139. The molecule has 2 nitrogen and oxygen atoms in total. The fraction of sp³-hybridized carbons (Fsp3) is 0.133. The summed E-state index contributed by atoms with van der Waals surface area (Å²) in [5.74, 6) is 15.3. The van der Waals surface area contributed by atoms with Crippen LogP contribution in [0.4, 0.5) is 0 Å². The van der Waals surface area contributed by atoms with E-state index in [-0.39, 0.29) is 12.6 Å². The van der Waals surface area contributed by atoms with Gasteiger partial charge in [-0.05, 0) is 41.9 Å². The van der Waals surface area contributed by atoms with Crippen molar-refractivity contribution >= 4 is 5.97 Å². The summed E-state index contributed by atoms with van der Waals surface area (Å²) < 4.78 is 4.66. The first kappa shape index (κ1) is 14.4. The molecule has 0 saturated heterocycles. The van der Waals surface area contributed by atoms with E-state index in [1.165, 1.54) is 6.92 Å². The van der Waals surface area contributed by atoms with Gasteiger partial charge in [0.05, 0.1) is 0 Å². The Hall–Kier alpha value is -2.63. The van der Waals surface area contributed by atoms with Crippen LogP contribution in [0.25, 0.3) is 0 Å². The monoisotopic (exact) mass is 224 g/mol. The summed E-state index contributed by atoms with van der Waals surface area (Å²) in [7, 11) is 0. The minimum atomic E-state index is -0.315. The molecule has 0 aromatic heterocycles. The molecule has 0 N–H and O–H groups in total. The first-order chi connectivity index (χ1) is 8.27. The van der Waals surface area contributed by atoms with Crippen molar-refractivity contribution < 1.29 is 9.53 Å².